The molecular formula is C13H19F3N4O. The summed E-state index contributed by atoms with van der Waals surface area (Å²) in [5, 5.41) is 2.82. The number of nitrogens with zero attached hydrogens (tertiary/aromatic N) is 2. The van der Waals surface area contributed by atoms with Crippen molar-refractivity contribution in [3.8, 4) is 0 Å². The van der Waals surface area contributed by atoms with Gasteiger partial charge in [-0.15, -0.1) is 0 Å². The molecule has 118 valence electrons. The summed E-state index contributed by atoms with van der Waals surface area (Å²) in [6.45, 7) is 2.55. The second-order valence-corrected chi connectivity index (χ2v) is 5.09. The fraction of sp³-hybridized carbons (Fsp3) is 0.538. The summed E-state index contributed by atoms with van der Waals surface area (Å²) in [5.41, 5.74) is 4.05. The predicted octanol–water partition coefficient (Wildman–Crippen LogP) is 1.95. The molecule has 0 saturated heterocycles. The van der Waals surface area contributed by atoms with E-state index in [-0.39, 0.29) is 17.4 Å². The highest BCUT2D eigenvalue weighted by Crippen LogP contribution is 2.29. The first-order valence-electron chi connectivity index (χ1n) is 6.40. The van der Waals surface area contributed by atoms with Crippen LogP contribution in [0.15, 0.2) is 12.1 Å². The Hall–Kier alpha value is -1.83. The van der Waals surface area contributed by atoms with Crippen molar-refractivity contribution in [2.75, 3.05) is 26.0 Å². The smallest absolute Gasteiger partial charge is 0.367 e. The Kier molecular flexibility index (Phi) is 5.54. The molecule has 0 aliphatic carbocycles. The number of rotatable bonds is 6. The Bertz CT molecular complexity index is 503. The first kappa shape index (κ1) is 17.2. The van der Waals surface area contributed by atoms with Crippen molar-refractivity contribution in [2.45, 2.75) is 25.6 Å². The highest BCUT2D eigenvalue weighted by atomic mass is 19.4. The summed E-state index contributed by atoms with van der Waals surface area (Å²) in [6, 6.07) is 1.64. The number of hydrogen-bond donors (Lipinski definition) is 2. The Morgan fingerprint density at radius 1 is 1.43 bits per heavy atom. The van der Waals surface area contributed by atoms with Crippen LogP contribution in [0.5, 0.6) is 0 Å². The lowest BCUT2D eigenvalue weighted by Crippen LogP contribution is -2.26. The molecule has 0 fully saturated rings. The van der Waals surface area contributed by atoms with Crippen LogP contribution in [0.4, 0.5) is 19.0 Å². The number of amides is 1. The van der Waals surface area contributed by atoms with Crippen molar-refractivity contribution < 1.29 is 18.0 Å². The second kappa shape index (κ2) is 6.75. The van der Waals surface area contributed by atoms with Gasteiger partial charge in [-0.25, -0.2) is 4.98 Å². The topological polar surface area (TPSA) is 71.2 Å². The van der Waals surface area contributed by atoms with E-state index in [1.165, 1.54) is 0 Å². The standard InChI is InChI=1S/C13H19F3N4O/c1-8(6-7-20(2)3)18-12-9(11(17)21)4-5-10(19-12)13(14,15)16/h4-5,8H,6-7H2,1-3H3,(H2,17,21)(H,18,19). The zero-order chi connectivity index (χ0) is 16.2. The third kappa shape index (κ3) is 5.22. The van der Waals surface area contributed by atoms with Crippen LogP contribution in [0.2, 0.25) is 0 Å². The van der Waals surface area contributed by atoms with E-state index in [1.54, 1.807) is 6.92 Å². The molecule has 0 aliphatic heterocycles. The Morgan fingerprint density at radius 3 is 2.52 bits per heavy atom. The highest BCUT2D eigenvalue weighted by molar-refractivity contribution is 5.97. The van der Waals surface area contributed by atoms with Gasteiger partial charge in [0.05, 0.1) is 5.56 Å². The molecule has 1 amide bonds. The van der Waals surface area contributed by atoms with Gasteiger partial charge >= 0.3 is 6.18 Å². The summed E-state index contributed by atoms with van der Waals surface area (Å²) in [4.78, 5) is 16.7. The maximum atomic E-state index is 12.7. The number of anilines is 1. The number of primary amides is 1. The van der Waals surface area contributed by atoms with Gasteiger partial charge in [-0.1, -0.05) is 0 Å². The minimum absolute atomic E-state index is 0.0558. The fourth-order valence-corrected chi connectivity index (χ4v) is 1.68. The number of carbonyl (C=O) groups excluding carboxylic acids is 1. The molecule has 5 nitrogen and oxygen atoms in total. The quantitative estimate of drug-likeness (QED) is 0.842. The Morgan fingerprint density at radius 2 is 2.05 bits per heavy atom. The largest absolute Gasteiger partial charge is 0.433 e. The van der Waals surface area contributed by atoms with Gasteiger partial charge < -0.3 is 16.0 Å². The number of nitrogens with one attached hydrogen (secondary N) is 1. The summed E-state index contributed by atoms with van der Waals surface area (Å²) >= 11 is 0. The van der Waals surface area contributed by atoms with E-state index in [1.807, 2.05) is 19.0 Å². The van der Waals surface area contributed by atoms with Crippen LogP contribution >= 0.6 is 0 Å². The average Bonchev–Trinajstić information content (AvgIpc) is 2.34. The molecule has 1 unspecified atom stereocenters. The minimum atomic E-state index is -4.57. The molecule has 0 saturated carbocycles. The SMILES string of the molecule is CC(CCN(C)C)Nc1nc(C(F)(F)F)ccc1C(N)=O. The predicted molar refractivity (Wildman–Crippen MR) is 74.0 cm³/mol. The van der Waals surface area contributed by atoms with Crippen LogP contribution in [0.1, 0.15) is 29.4 Å². The molecule has 0 bridgehead atoms. The van der Waals surface area contributed by atoms with Gasteiger partial charge in [-0.2, -0.15) is 13.2 Å². The van der Waals surface area contributed by atoms with Crippen LogP contribution in [0.3, 0.4) is 0 Å². The third-order valence-corrected chi connectivity index (χ3v) is 2.84. The van der Waals surface area contributed by atoms with E-state index in [0.29, 0.717) is 6.42 Å². The van der Waals surface area contributed by atoms with E-state index < -0.39 is 17.8 Å². The first-order chi connectivity index (χ1) is 9.61. The number of pyridine rings is 1. The van der Waals surface area contributed by atoms with Crippen LogP contribution in [0.25, 0.3) is 0 Å². The van der Waals surface area contributed by atoms with E-state index in [4.69, 9.17) is 5.73 Å². The summed E-state index contributed by atoms with van der Waals surface area (Å²) in [6.07, 6.45) is -3.89. The van der Waals surface area contributed by atoms with Crippen molar-refractivity contribution in [1.82, 2.24) is 9.88 Å². The lowest BCUT2D eigenvalue weighted by molar-refractivity contribution is -0.141. The monoisotopic (exact) mass is 304 g/mol. The van der Waals surface area contributed by atoms with Crippen LogP contribution in [-0.4, -0.2) is 42.5 Å². The molecular weight excluding hydrogens is 285 g/mol. The molecule has 1 heterocycles. The molecule has 0 radical (unpaired) electrons. The Balaban J connectivity index is 2.99. The van der Waals surface area contributed by atoms with Gasteiger partial charge in [-0.3, -0.25) is 4.79 Å². The average molecular weight is 304 g/mol. The zero-order valence-corrected chi connectivity index (χ0v) is 12.2. The van der Waals surface area contributed by atoms with Crippen molar-refractivity contribution in [3.05, 3.63) is 23.4 Å². The normalized spacial score (nSPS) is 13.3. The summed E-state index contributed by atoms with van der Waals surface area (Å²) in [7, 11) is 3.79. The highest BCUT2D eigenvalue weighted by Gasteiger charge is 2.33. The van der Waals surface area contributed by atoms with Crippen molar-refractivity contribution in [1.29, 1.82) is 0 Å². The zero-order valence-electron chi connectivity index (χ0n) is 12.2. The van der Waals surface area contributed by atoms with Crippen molar-refractivity contribution in [2.24, 2.45) is 5.73 Å². The molecule has 21 heavy (non-hydrogen) atoms. The number of hydrogen-bond acceptors (Lipinski definition) is 4. The Labute approximate surface area is 121 Å². The van der Waals surface area contributed by atoms with Gasteiger partial charge in [0.2, 0.25) is 0 Å². The maximum Gasteiger partial charge on any atom is 0.433 e. The maximum absolute atomic E-state index is 12.7. The molecule has 3 N–H and O–H groups in total. The fourth-order valence-electron chi connectivity index (χ4n) is 1.68. The molecule has 0 aliphatic rings. The van der Waals surface area contributed by atoms with Gasteiger partial charge in [0.15, 0.2) is 0 Å². The number of carbonyl (C=O) groups is 1. The van der Waals surface area contributed by atoms with Crippen LogP contribution < -0.4 is 11.1 Å². The lowest BCUT2D eigenvalue weighted by atomic mass is 10.1. The van der Waals surface area contributed by atoms with Crippen molar-refractivity contribution >= 4 is 11.7 Å². The molecule has 0 spiro atoms. The number of halogens is 3. The molecule has 1 aromatic rings. The molecule has 1 atom stereocenters. The van der Waals surface area contributed by atoms with E-state index >= 15 is 0 Å². The second-order valence-electron chi connectivity index (χ2n) is 5.09. The molecule has 0 aromatic carbocycles. The number of alkyl halides is 3. The third-order valence-electron chi connectivity index (χ3n) is 2.84. The van der Waals surface area contributed by atoms with Crippen LogP contribution in [-0.2, 0) is 6.18 Å². The van der Waals surface area contributed by atoms with Gasteiger partial charge in [-0.05, 0) is 46.1 Å². The number of nitrogens with two attached hydrogens (primary N) is 1. The van der Waals surface area contributed by atoms with Gasteiger partial charge in [0.1, 0.15) is 11.5 Å². The first-order valence-corrected chi connectivity index (χ1v) is 6.40. The minimum Gasteiger partial charge on any atom is -0.367 e. The molecule has 8 heteroatoms. The van der Waals surface area contributed by atoms with E-state index in [9.17, 15) is 18.0 Å². The van der Waals surface area contributed by atoms with Gasteiger partial charge in [0, 0.05) is 6.04 Å². The van der Waals surface area contributed by atoms with Gasteiger partial charge in [0.25, 0.3) is 5.91 Å². The van der Waals surface area contributed by atoms with E-state index in [0.717, 1.165) is 18.7 Å². The summed E-state index contributed by atoms with van der Waals surface area (Å²) < 4.78 is 38.0. The van der Waals surface area contributed by atoms with Crippen LogP contribution in [0, 0.1) is 0 Å². The molecule has 1 aromatic heterocycles. The van der Waals surface area contributed by atoms with E-state index in [2.05, 4.69) is 10.3 Å². The number of aromatic nitrogens is 1. The molecule has 1 rings (SSSR count). The van der Waals surface area contributed by atoms with Crippen molar-refractivity contribution in [3.63, 3.8) is 0 Å². The summed E-state index contributed by atoms with van der Waals surface area (Å²) in [5.74, 6) is -0.956. The lowest BCUT2D eigenvalue weighted by Gasteiger charge is -2.19.